The number of rotatable bonds is 6. The second-order valence-electron chi connectivity index (χ2n) is 7.77. The Morgan fingerprint density at radius 3 is 2.06 bits per heavy atom. The van der Waals surface area contributed by atoms with Gasteiger partial charge in [-0.1, -0.05) is 54.6 Å². The second-order valence-corrected chi connectivity index (χ2v) is 7.77. The second kappa shape index (κ2) is 9.01. The van der Waals surface area contributed by atoms with Crippen LogP contribution in [0.15, 0.2) is 104 Å². The number of pyridine rings is 1. The lowest BCUT2D eigenvalue weighted by molar-refractivity contribution is 0.426. The zero-order valence-electron chi connectivity index (χ0n) is 18.5. The minimum Gasteiger partial charge on any atom is -0.439 e. The van der Waals surface area contributed by atoms with E-state index in [0.29, 0.717) is 17.5 Å². The summed E-state index contributed by atoms with van der Waals surface area (Å²) in [5.74, 6) is 2.34. The Morgan fingerprint density at radius 1 is 0.667 bits per heavy atom. The third kappa shape index (κ3) is 4.62. The lowest BCUT2D eigenvalue weighted by atomic mass is 10.1. The smallest absolute Gasteiger partial charge is 0.222 e. The summed E-state index contributed by atoms with van der Waals surface area (Å²) in [6.45, 7) is 4.22. The molecule has 0 amide bonds. The highest BCUT2D eigenvalue weighted by molar-refractivity contribution is 5.62. The van der Waals surface area contributed by atoms with Gasteiger partial charge in [0.15, 0.2) is 0 Å². The van der Waals surface area contributed by atoms with Gasteiger partial charge in [0.05, 0.1) is 17.7 Å². The molecule has 0 atom stereocenters. The summed E-state index contributed by atoms with van der Waals surface area (Å²) in [4.78, 5) is 9.09. The topological polar surface area (TPSA) is 49.2 Å². The highest BCUT2D eigenvalue weighted by Gasteiger charge is 2.10. The van der Waals surface area contributed by atoms with Crippen molar-refractivity contribution in [2.45, 2.75) is 13.8 Å². The average molecular weight is 434 g/mol. The fourth-order valence-corrected chi connectivity index (χ4v) is 3.77. The lowest BCUT2D eigenvalue weighted by Crippen LogP contribution is -1.96. The molecule has 0 saturated carbocycles. The molecule has 2 aromatic heterocycles. The SMILES string of the molecule is Cc1cccc(C)c1-n1cnc(-c2cccc(Oc3cccc(Oc4ccccc4)n3)c2)c1. The maximum atomic E-state index is 6.02. The van der Waals surface area contributed by atoms with Gasteiger partial charge in [-0.2, -0.15) is 4.98 Å². The first-order chi connectivity index (χ1) is 16.2. The Hall–Kier alpha value is -4.38. The van der Waals surface area contributed by atoms with Crippen molar-refractivity contribution in [1.82, 2.24) is 14.5 Å². The number of ether oxygens (including phenoxy) is 2. The largest absolute Gasteiger partial charge is 0.439 e. The van der Waals surface area contributed by atoms with Crippen LogP contribution in [0, 0.1) is 13.8 Å². The first-order valence-corrected chi connectivity index (χ1v) is 10.7. The Morgan fingerprint density at radius 2 is 1.30 bits per heavy atom. The molecule has 5 heteroatoms. The maximum Gasteiger partial charge on any atom is 0.222 e. The Bertz CT molecular complexity index is 1370. The molecule has 5 aromatic rings. The number of aromatic nitrogens is 3. The van der Waals surface area contributed by atoms with Gasteiger partial charge in [-0.3, -0.25) is 0 Å². The molecule has 0 aliphatic carbocycles. The van der Waals surface area contributed by atoms with Crippen LogP contribution in [0.1, 0.15) is 11.1 Å². The van der Waals surface area contributed by atoms with Crippen molar-refractivity contribution in [2.24, 2.45) is 0 Å². The monoisotopic (exact) mass is 433 g/mol. The van der Waals surface area contributed by atoms with E-state index in [4.69, 9.17) is 9.47 Å². The molecule has 0 bridgehead atoms. The number of hydrogen-bond donors (Lipinski definition) is 0. The zero-order valence-corrected chi connectivity index (χ0v) is 18.5. The molecule has 0 aliphatic heterocycles. The van der Waals surface area contributed by atoms with Crippen LogP contribution in [0.25, 0.3) is 16.9 Å². The van der Waals surface area contributed by atoms with Gasteiger partial charge in [0.25, 0.3) is 0 Å². The Balaban J connectivity index is 1.37. The van der Waals surface area contributed by atoms with E-state index < -0.39 is 0 Å². The molecular weight excluding hydrogens is 410 g/mol. The third-order valence-electron chi connectivity index (χ3n) is 5.30. The van der Waals surface area contributed by atoms with E-state index >= 15 is 0 Å². The summed E-state index contributed by atoms with van der Waals surface area (Å²) in [7, 11) is 0. The normalized spacial score (nSPS) is 10.7. The summed E-state index contributed by atoms with van der Waals surface area (Å²) < 4.78 is 13.9. The molecule has 33 heavy (non-hydrogen) atoms. The van der Waals surface area contributed by atoms with Crippen molar-refractivity contribution < 1.29 is 9.47 Å². The van der Waals surface area contributed by atoms with Crippen LogP contribution >= 0.6 is 0 Å². The van der Waals surface area contributed by atoms with E-state index in [9.17, 15) is 0 Å². The van der Waals surface area contributed by atoms with E-state index in [1.165, 1.54) is 11.1 Å². The van der Waals surface area contributed by atoms with Crippen LogP contribution < -0.4 is 9.47 Å². The molecule has 3 aromatic carbocycles. The van der Waals surface area contributed by atoms with Crippen molar-refractivity contribution in [1.29, 1.82) is 0 Å². The number of imidazole rings is 1. The molecule has 0 N–H and O–H groups in total. The first kappa shape index (κ1) is 20.5. The summed E-state index contributed by atoms with van der Waals surface area (Å²) in [5, 5.41) is 0. The van der Waals surface area contributed by atoms with Crippen molar-refractivity contribution in [3.05, 3.63) is 115 Å². The number of aryl methyl sites for hydroxylation is 2. The van der Waals surface area contributed by atoms with Crippen molar-refractivity contribution in [3.63, 3.8) is 0 Å². The van der Waals surface area contributed by atoms with E-state index in [1.54, 1.807) is 12.1 Å². The van der Waals surface area contributed by atoms with E-state index in [1.807, 2.05) is 73.2 Å². The van der Waals surface area contributed by atoms with Gasteiger partial charge in [0, 0.05) is 23.9 Å². The third-order valence-corrected chi connectivity index (χ3v) is 5.30. The van der Waals surface area contributed by atoms with Crippen LogP contribution in [-0.4, -0.2) is 14.5 Å². The van der Waals surface area contributed by atoms with Gasteiger partial charge in [-0.25, -0.2) is 4.98 Å². The predicted octanol–water partition coefficient (Wildman–Crippen LogP) is 7.14. The first-order valence-electron chi connectivity index (χ1n) is 10.7. The van der Waals surface area contributed by atoms with Crippen molar-refractivity contribution >= 4 is 0 Å². The van der Waals surface area contributed by atoms with Crippen LogP contribution in [0.2, 0.25) is 0 Å². The highest BCUT2D eigenvalue weighted by atomic mass is 16.5. The highest BCUT2D eigenvalue weighted by Crippen LogP contribution is 2.29. The maximum absolute atomic E-state index is 6.02. The van der Waals surface area contributed by atoms with Crippen molar-refractivity contribution in [3.8, 4) is 40.2 Å². The van der Waals surface area contributed by atoms with Gasteiger partial charge in [-0.15, -0.1) is 0 Å². The van der Waals surface area contributed by atoms with Crippen LogP contribution in [0.4, 0.5) is 0 Å². The van der Waals surface area contributed by atoms with Crippen LogP contribution in [-0.2, 0) is 0 Å². The molecule has 0 spiro atoms. The fourth-order valence-electron chi connectivity index (χ4n) is 3.77. The number of nitrogens with zero attached hydrogens (tertiary/aromatic N) is 3. The molecule has 0 fully saturated rings. The van der Waals surface area contributed by atoms with Gasteiger partial charge in [0.2, 0.25) is 11.8 Å². The Kier molecular flexibility index (Phi) is 5.60. The minimum absolute atomic E-state index is 0.460. The standard InChI is InChI=1S/C28H23N3O2/c1-20-9-6-10-21(2)28(20)31-18-25(29-19-31)22-11-7-14-24(17-22)33-27-16-8-15-26(30-27)32-23-12-4-3-5-13-23/h3-19H,1-2H3. The van der Waals surface area contributed by atoms with Crippen LogP contribution in [0.3, 0.4) is 0 Å². The zero-order chi connectivity index (χ0) is 22.6. The molecule has 5 nitrogen and oxygen atoms in total. The summed E-state index contributed by atoms with van der Waals surface area (Å²) in [6, 6.07) is 29.1. The molecular formula is C28H23N3O2. The van der Waals surface area contributed by atoms with Crippen molar-refractivity contribution in [2.75, 3.05) is 0 Å². The number of hydrogen-bond acceptors (Lipinski definition) is 4. The quantitative estimate of drug-likeness (QED) is 0.286. The molecule has 0 aliphatic rings. The average Bonchev–Trinajstić information content (AvgIpc) is 3.30. The summed E-state index contributed by atoms with van der Waals surface area (Å²) in [5.41, 5.74) is 5.41. The minimum atomic E-state index is 0.460. The lowest BCUT2D eigenvalue weighted by Gasteiger charge is -2.10. The molecule has 0 saturated heterocycles. The molecule has 0 radical (unpaired) electrons. The van der Waals surface area contributed by atoms with E-state index in [0.717, 1.165) is 22.7 Å². The van der Waals surface area contributed by atoms with E-state index in [-0.39, 0.29) is 0 Å². The van der Waals surface area contributed by atoms with Gasteiger partial charge < -0.3 is 14.0 Å². The molecule has 2 heterocycles. The number of benzene rings is 3. The Labute approximate surface area is 192 Å². The molecule has 162 valence electrons. The predicted molar refractivity (Wildman–Crippen MR) is 129 cm³/mol. The molecule has 0 unspecified atom stereocenters. The van der Waals surface area contributed by atoms with Gasteiger partial charge >= 0.3 is 0 Å². The fraction of sp³-hybridized carbons (Fsp3) is 0.0714. The summed E-state index contributed by atoms with van der Waals surface area (Å²) in [6.07, 6.45) is 3.89. The summed E-state index contributed by atoms with van der Waals surface area (Å²) >= 11 is 0. The van der Waals surface area contributed by atoms with Gasteiger partial charge in [0.1, 0.15) is 11.5 Å². The molecule has 5 rings (SSSR count). The van der Waals surface area contributed by atoms with E-state index in [2.05, 4.69) is 46.6 Å². The van der Waals surface area contributed by atoms with Gasteiger partial charge in [-0.05, 0) is 49.2 Å². The number of para-hydroxylation sites is 2. The van der Waals surface area contributed by atoms with Crippen LogP contribution in [0.5, 0.6) is 23.3 Å².